The Morgan fingerprint density at radius 2 is 1.89 bits per heavy atom. The Balaban J connectivity index is 2.68. The number of carbonyl (C=O) groups is 1. The summed E-state index contributed by atoms with van der Waals surface area (Å²) in [6.07, 6.45) is 0.351. The fraction of sp³-hybridized carbons (Fsp3) is 0.533. The van der Waals surface area contributed by atoms with Crippen molar-refractivity contribution in [3.05, 3.63) is 35.4 Å². The van der Waals surface area contributed by atoms with Crippen LogP contribution in [0.1, 0.15) is 39.7 Å². The van der Waals surface area contributed by atoms with Crippen LogP contribution < -0.4 is 0 Å². The molecule has 0 aliphatic heterocycles. The van der Waals surface area contributed by atoms with Gasteiger partial charge in [-0.25, -0.2) is 8.78 Å². The van der Waals surface area contributed by atoms with Crippen LogP contribution in [0.3, 0.4) is 0 Å². The van der Waals surface area contributed by atoms with E-state index < -0.39 is 11.6 Å². The number of hydrogen-bond donors (Lipinski definition) is 0. The molecule has 0 spiro atoms. The smallest absolute Gasteiger partial charge is 0.137 e. The Kier molecular flexibility index (Phi) is 4.60. The van der Waals surface area contributed by atoms with E-state index in [1.54, 1.807) is 0 Å². The molecule has 0 radical (unpaired) electrons. The lowest BCUT2D eigenvalue weighted by molar-refractivity contribution is -0.120. The van der Waals surface area contributed by atoms with Crippen LogP contribution in [0.5, 0.6) is 0 Å². The topological polar surface area (TPSA) is 17.1 Å². The molecular formula is C15H20F2O. The number of hydrogen-bond acceptors (Lipinski definition) is 1. The predicted octanol–water partition coefficient (Wildman–Crippen LogP) is 4.15. The van der Waals surface area contributed by atoms with Crippen molar-refractivity contribution >= 4 is 5.78 Å². The zero-order chi connectivity index (χ0) is 13.9. The van der Waals surface area contributed by atoms with E-state index in [1.165, 1.54) is 0 Å². The Bertz CT molecular complexity index is 433. The predicted molar refractivity (Wildman–Crippen MR) is 68.3 cm³/mol. The normalized spacial score (nSPS) is 13.4. The minimum atomic E-state index is -0.520. The third-order valence-electron chi connectivity index (χ3n) is 3.41. The molecule has 0 saturated heterocycles. The van der Waals surface area contributed by atoms with E-state index in [0.717, 1.165) is 18.2 Å². The van der Waals surface area contributed by atoms with Crippen molar-refractivity contribution in [2.24, 2.45) is 11.3 Å². The summed E-state index contributed by atoms with van der Waals surface area (Å²) in [7, 11) is 0. The van der Waals surface area contributed by atoms with Crippen LogP contribution in [0.4, 0.5) is 8.78 Å². The second kappa shape index (κ2) is 5.59. The molecule has 1 aromatic rings. The maximum absolute atomic E-state index is 13.4. The summed E-state index contributed by atoms with van der Waals surface area (Å²) in [6.45, 7) is 8.19. The van der Waals surface area contributed by atoms with Gasteiger partial charge in [-0.15, -0.1) is 0 Å². The molecule has 0 fully saturated rings. The Hall–Kier alpha value is -1.25. The second-order valence-electron chi connectivity index (χ2n) is 5.92. The number of carbonyl (C=O) groups excluding carboxylic acids is 1. The first-order valence-corrected chi connectivity index (χ1v) is 6.16. The summed E-state index contributed by atoms with van der Waals surface area (Å²) in [4.78, 5) is 11.8. The fourth-order valence-electron chi connectivity index (χ4n) is 1.61. The van der Waals surface area contributed by atoms with Crippen molar-refractivity contribution < 1.29 is 13.6 Å². The summed E-state index contributed by atoms with van der Waals surface area (Å²) in [5.41, 5.74) is 0.178. The Morgan fingerprint density at radius 3 is 2.44 bits per heavy atom. The van der Waals surface area contributed by atoms with Gasteiger partial charge in [-0.3, -0.25) is 4.79 Å². The summed E-state index contributed by atoms with van der Waals surface area (Å²) >= 11 is 0. The van der Waals surface area contributed by atoms with Crippen LogP contribution in [0, 0.1) is 23.0 Å². The molecule has 3 heteroatoms. The van der Waals surface area contributed by atoms with Crippen LogP contribution in [-0.2, 0) is 11.2 Å². The number of rotatable bonds is 4. The van der Waals surface area contributed by atoms with Gasteiger partial charge in [0.1, 0.15) is 17.4 Å². The first-order chi connectivity index (χ1) is 8.20. The monoisotopic (exact) mass is 254 g/mol. The highest BCUT2D eigenvalue weighted by molar-refractivity contribution is 5.81. The molecule has 1 rings (SSSR count). The average Bonchev–Trinajstić information content (AvgIpc) is 2.22. The molecule has 100 valence electrons. The fourth-order valence-corrected chi connectivity index (χ4v) is 1.61. The third-order valence-corrected chi connectivity index (χ3v) is 3.41. The molecule has 1 nitrogen and oxygen atoms in total. The van der Waals surface area contributed by atoms with Crippen molar-refractivity contribution in [1.29, 1.82) is 0 Å². The molecule has 1 unspecified atom stereocenters. The van der Waals surface area contributed by atoms with E-state index in [2.05, 4.69) is 20.8 Å². The molecule has 18 heavy (non-hydrogen) atoms. The molecule has 1 atom stereocenters. The van der Waals surface area contributed by atoms with Gasteiger partial charge in [0.2, 0.25) is 0 Å². The van der Waals surface area contributed by atoms with Gasteiger partial charge in [-0.2, -0.15) is 0 Å². The van der Waals surface area contributed by atoms with Gasteiger partial charge in [-0.1, -0.05) is 27.7 Å². The van der Waals surface area contributed by atoms with Crippen LogP contribution in [0.2, 0.25) is 0 Å². The Labute approximate surface area is 107 Å². The van der Waals surface area contributed by atoms with Crippen molar-refractivity contribution in [2.45, 2.75) is 40.5 Å². The van der Waals surface area contributed by atoms with Gasteiger partial charge in [0.05, 0.1) is 0 Å². The minimum Gasteiger partial charge on any atom is -0.299 e. The van der Waals surface area contributed by atoms with Crippen molar-refractivity contribution in [3.63, 3.8) is 0 Å². The summed E-state index contributed by atoms with van der Waals surface area (Å²) in [5.74, 6) is -0.875. The van der Waals surface area contributed by atoms with Gasteiger partial charge in [0, 0.05) is 12.8 Å². The number of benzene rings is 1. The van der Waals surface area contributed by atoms with Crippen LogP contribution >= 0.6 is 0 Å². The number of ketones is 1. The van der Waals surface area contributed by atoms with Gasteiger partial charge in [0.15, 0.2) is 0 Å². The van der Waals surface area contributed by atoms with Crippen LogP contribution in [-0.4, -0.2) is 5.78 Å². The highest BCUT2D eigenvalue weighted by Gasteiger charge is 2.23. The lowest BCUT2D eigenvalue weighted by atomic mass is 9.79. The second-order valence-corrected chi connectivity index (χ2v) is 5.92. The van der Waals surface area contributed by atoms with Crippen LogP contribution in [0.25, 0.3) is 0 Å². The first kappa shape index (κ1) is 14.8. The van der Waals surface area contributed by atoms with Gasteiger partial charge < -0.3 is 0 Å². The molecule has 0 heterocycles. The lowest BCUT2D eigenvalue weighted by Crippen LogP contribution is -2.21. The largest absolute Gasteiger partial charge is 0.299 e. The zero-order valence-corrected chi connectivity index (χ0v) is 11.4. The molecule has 0 saturated carbocycles. The quantitative estimate of drug-likeness (QED) is 0.789. The van der Waals surface area contributed by atoms with Crippen molar-refractivity contribution in [1.82, 2.24) is 0 Å². The third kappa shape index (κ3) is 4.21. The average molecular weight is 254 g/mol. The van der Waals surface area contributed by atoms with Gasteiger partial charge >= 0.3 is 0 Å². The van der Waals surface area contributed by atoms with Gasteiger partial charge in [0.25, 0.3) is 0 Å². The highest BCUT2D eigenvalue weighted by atomic mass is 19.1. The maximum Gasteiger partial charge on any atom is 0.137 e. The first-order valence-electron chi connectivity index (χ1n) is 6.16. The highest BCUT2D eigenvalue weighted by Crippen LogP contribution is 2.28. The SMILES string of the molecule is CC(CC(=O)Cc1cc(F)ccc1F)C(C)(C)C. The van der Waals surface area contributed by atoms with E-state index in [1.807, 2.05) is 6.92 Å². The van der Waals surface area contributed by atoms with E-state index in [9.17, 15) is 13.6 Å². The molecule has 0 aromatic heterocycles. The molecule has 0 bridgehead atoms. The number of Topliss-reactive ketones (excluding diaryl/α,β-unsaturated/α-hetero) is 1. The molecule has 0 aliphatic carbocycles. The number of halogens is 2. The van der Waals surface area contributed by atoms with E-state index in [-0.39, 0.29) is 29.1 Å². The van der Waals surface area contributed by atoms with Crippen LogP contribution in [0.15, 0.2) is 18.2 Å². The lowest BCUT2D eigenvalue weighted by Gasteiger charge is -2.26. The summed E-state index contributed by atoms with van der Waals surface area (Å²) < 4.78 is 26.4. The zero-order valence-electron chi connectivity index (χ0n) is 11.4. The Morgan fingerprint density at radius 1 is 1.28 bits per heavy atom. The van der Waals surface area contributed by atoms with Crippen molar-refractivity contribution in [2.75, 3.05) is 0 Å². The molecule has 1 aromatic carbocycles. The summed E-state index contributed by atoms with van der Waals surface area (Å²) in [5, 5.41) is 0. The molecule has 0 aliphatic rings. The van der Waals surface area contributed by atoms with E-state index in [0.29, 0.717) is 6.42 Å². The summed E-state index contributed by atoms with van der Waals surface area (Å²) in [6, 6.07) is 3.21. The minimum absolute atomic E-state index is 0.0377. The van der Waals surface area contributed by atoms with Gasteiger partial charge in [-0.05, 0) is 35.1 Å². The van der Waals surface area contributed by atoms with E-state index in [4.69, 9.17) is 0 Å². The molecule has 0 amide bonds. The van der Waals surface area contributed by atoms with Crippen molar-refractivity contribution in [3.8, 4) is 0 Å². The maximum atomic E-state index is 13.4. The standard InChI is InChI=1S/C15H20F2O/c1-10(15(2,3)4)7-13(18)9-11-8-12(16)5-6-14(11)17/h5-6,8,10H,7,9H2,1-4H3. The molecular weight excluding hydrogens is 234 g/mol. The molecule has 0 N–H and O–H groups in total. The van der Waals surface area contributed by atoms with E-state index >= 15 is 0 Å².